The number of hydrogen-bond donors (Lipinski definition) is 0. The maximum Gasteiger partial charge on any atom is 0.170 e. The van der Waals surface area contributed by atoms with Gasteiger partial charge in [-0.25, -0.2) is 9.37 Å². The van der Waals surface area contributed by atoms with Gasteiger partial charge in [0.1, 0.15) is 5.82 Å². The number of ketones is 1. The third-order valence-electron chi connectivity index (χ3n) is 5.33. The molecule has 0 spiro atoms. The van der Waals surface area contributed by atoms with E-state index >= 15 is 0 Å². The lowest BCUT2D eigenvalue weighted by molar-refractivity contribution is 0.0989. The summed E-state index contributed by atoms with van der Waals surface area (Å²) in [4.78, 5) is 22.8. The minimum Gasteiger partial charge on any atom is -0.352 e. The molecule has 2 aromatic heterocycles. The van der Waals surface area contributed by atoms with Crippen LogP contribution >= 0.6 is 0 Å². The predicted molar refractivity (Wildman–Crippen MR) is 112 cm³/mol. The Morgan fingerprint density at radius 2 is 1.93 bits per heavy atom. The van der Waals surface area contributed by atoms with Gasteiger partial charge in [-0.3, -0.25) is 9.78 Å². The summed E-state index contributed by atoms with van der Waals surface area (Å²) in [5.41, 5.74) is 4.76. The molecular weight excluding hydrogens is 365 g/mol. The number of pyridine rings is 2. The van der Waals surface area contributed by atoms with Gasteiger partial charge in [0.05, 0.1) is 11.8 Å². The molecular formula is C24H22FN3O. The standard InChI is InChI=1S/C24H22FN3O/c1-17-10-13-28(24-4-2-3-11-27-24)16-21(17)19-7-5-18(6-8-19)14-23(29)20-9-12-26-15-22(20)25/h2-9,11-12,15H,10,13-14,16H2,1H3. The summed E-state index contributed by atoms with van der Waals surface area (Å²) in [6, 6.07) is 15.4. The highest BCUT2D eigenvalue weighted by atomic mass is 19.1. The molecule has 0 radical (unpaired) electrons. The minimum atomic E-state index is -0.577. The molecule has 5 heteroatoms. The van der Waals surface area contributed by atoms with Crippen molar-refractivity contribution < 1.29 is 9.18 Å². The van der Waals surface area contributed by atoms with E-state index in [0.717, 1.165) is 42.7 Å². The number of Topliss-reactive ketones (excluding diaryl/α,β-unsaturated/α-hetero) is 1. The van der Waals surface area contributed by atoms with Gasteiger partial charge < -0.3 is 4.90 Å². The molecule has 0 fully saturated rings. The van der Waals surface area contributed by atoms with E-state index < -0.39 is 5.82 Å². The first kappa shape index (κ1) is 19.0. The Balaban J connectivity index is 1.50. The third kappa shape index (κ3) is 4.24. The van der Waals surface area contributed by atoms with E-state index in [1.807, 2.05) is 48.7 Å². The fourth-order valence-corrected chi connectivity index (χ4v) is 3.64. The van der Waals surface area contributed by atoms with Crippen molar-refractivity contribution in [2.75, 3.05) is 18.0 Å². The Bertz CT molecular complexity index is 1050. The van der Waals surface area contributed by atoms with E-state index in [2.05, 4.69) is 21.8 Å². The van der Waals surface area contributed by atoms with Crippen molar-refractivity contribution in [3.05, 3.63) is 95.2 Å². The molecule has 146 valence electrons. The van der Waals surface area contributed by atoms with Gasteiger partial charge in [0.25, 0.3) is 0 Å². The van der Waals surface area contributed by atoms with Gasteiger partial charge in [0.15, 0.2) is 11.6 Å². The van der Waals surface area contributed by atoms with Crippen LogP contribution in [0.1, 0.15) is 34.8 Å². The molecule has 0 bridgehead atoms. The Kier molecular flexibility index (Phi) is 5.47. The van der Waals surface area contributed by atoms with E-state index in [9.17, 15) is 9.18 Å². The first-order chi connectivity index (χ1) is 14.1. The smallest absolute Gasteiger partial charge is 0.170 e. The molecule has 0 N–H and O–H groups in total. The zero-order chi connectivity index (χ0) is 20.2. The van der Waals surface area contributed by atoms with Gasteiger partial charge >= 0.3 is 0 Å². The van der Waals surface area contributed by atoms with Crippen LogP contribution in [0.25, 0.3) is 5.57 Å². The number of carbonyl (C=O) groups is 1. The summed E-state index contributed by atoms with van der Waals surface area (Å²) >= 11 is 0. The van der Waals surface area contributed by atoms with Crippen molar-refractivity contribution in [2.45, 2.75) is 19.8 Å². The molecule has 0 unspecified atom stereocenters. The molecule has 0 saturated carbocycles. The molecule has 1 aliphatic rings. The van der Waals surface area contributed by atoms with Gasteiger partial charge in [-0.2, -0.15) is 0 Å². The molecule has 0 amide bonds. The van der Waals surface area contributed by atoms with Gasteiger partial charge in [-0.05, 0) is 48.2 Å². The third-order valence-corrected chi connectivity index (χ3v) is 5.33. The second-order valence-corrected chi connectivity index (χ2v) is 7.27. The van der Waals surface area contributed by atoms with Crippen LogP contribution in [0.5, 0.6) is 0 Å². The van der Waals surface area contributed by atoms with Crippen molar-refractivity contribution in [1.29, 1.82) is 0 Å². The minimum absolute atomic E-state index is 0.0842. The van der Waals surface area contributed by atoms with Crippen molar-refractivity contribution in [3.8, 4) is 0 Å². The number of rotatable bonds is 5. The van der Waals surface area contributed by atoms with Crippen LogP contribution in [-0.4, -0.2) is 28.8 Å². The molecule has 1 aromatic carbocycles. The van der Waals surface area contributed by atoms with Crippen molar-refractivity contribution >= 4 is 17.2 Å². The van der Waals surface area contributed by atoms with Crippen molar-refractivity contribution in [2.24, 2.45) is 0 Å². The molecule has 1 aliphatic heterocycles. The van der Waals surface area contributed by atoms with Crippen LogP contribution in [0.15, 0.2) is 72.7 Å². The largest absolute Gasteiger partial charge is 0.352 e. The number of nitrogens with zero attached hydrogens (tertiary/aromatic N) is 3. The molecule has 4 nitrogen and oxygen atoms in total. The second-order valence-electron chi connectivity index (χ2n) is 7.27. The first-order valence-electron chi connectivity index (χ1n) is 9.68. The van der Waals surface area contributed by atoms with Crippen LogP contribution in [0.4, 0.5) is 10.2 Å². The van der Waals surface area contributed by atoms with E-state index in [4.69, 9.17) is 0 Å². The summed E-state index contributed by atoms with van der Waals surface area (Å²) in [7, 11) is 0. The fourth-order valence-electron chi connectivity index (χ4n) is 3.64. The van der Waals surface area contributed by atoms with E-state index in [1.165, 1.54) is 23.4 Å². The second kappa shape index (κ2) is 8.35. The number of halogens is 1. The Labute approximate surface area is 169 Å². The Morgan fingerprint density at radius 1 is 1.10 bits per heavy atom. The van der Waals surface area contributed by atoms with Crippen LogP contribution in [0, 0.1) is 5.82 Å². The lowest BCUT2D eigenvalue weighted by atomic mass is 9.93. The molecule has 0 atom stereocenters. The molecule has 29 heavy (non-hydrogen) atoms. The number of benzene rings is 1. The number of aromatic nitrogens is 2. The number of hydrogen-bond acceptors (Lipinski definition) is 4. The number of carbonyl (C=O) groups excluding carboxylic acids is 1. The highest BCUT2D eigenvalue weighted by Gasteiger charge is 2.19. The molecule has 0 saturated heterocycles. The topological polar surface area (TPSA) is 46.1 Å². The molecule has 3 heterocycles. The van der Waals surface area contributed by atoms with Crippen LogP contribution in [-0.2, 0) is 6.42 Å². The van der Waals surface area contributed by atoms with E-state index in [0.29, 0.717) is 0 Å². The van der Waals surface area contributed by atoms with Gasteiger partial charge in [-0.15, -0.1) is 0 Å². The SMILES string of the molecule is CC1=C(c2ccc(CC(=O)c3ccncc3F)cc2)CN(c2ccccn2)CC1. The Morgan fingerprint density at radius 3 is 2.66 bits per heavy atom. The first-order valence-corrected chi connectivity index (χ1v) is 9.68. The normalized spacial score (nSPS) is 14.2. The highest BCUT2D eigenvalue weighted by molar-refractivity contribution is 5.97. The fraction of sp³-hybridized carbons (Fsp3) is 0.208. The molecule has 3 aromatic rings. The average Bonchev–Trinajstić information content (AvgIpc) is 2.76. The maximum absolute atomic E-state index is 13.8. The van der Waals surface area contributed by atoms with Crippen LogP contribution < -0.4 is 4.90 Å². The number of anilines is 1. The summed E-state index contributed by atoms with van der Waals surface area (Å²) < 4.78 is 13.8. The Hall–Kier alpha value is -3.34. The predicted octanol–water partition coefficient (Wildman–Crippen LogP) is 4.72. The monoisotopic (exact) mass is 387 g/mol. The zero-order valence-electron chi connectivity index (χ0n) is 16.3. The summed E-state index contributed by atoms with van der Waals surface area (Å²) in [6.45, 7) is 3.94. The van der Waals surface area contributed by atoms with Crippen molar-refractivity contribution in [3.63, 3.8) is 0 Å². The lowest BCUT2D eigenvalue weighted by Gasteiger charge is -2.31. The molecule has 0 aliphatic carbocycles. The van der Waals surface area contributed by atoms with Crippen LogP contribution in [0.3, 0.4) is 0 Å². The van der Waals surface area contributed by atoms with E-state index in [1.54, 1.807) is 0 Å². The van der Waals surface area contributed by atoms with E-state index in [-0.39, 0.29) is 17.8 Å². The summed E-state index contributed by atoms with van der Waals surface area (Å²) in [5.74, 6) is 0.165. The highest BCUT2D eigenvalue weighted by Crippen LogP contribution is 2.29. The lowest BCUT2D eigenvalue weighted by Crippen LogP contribution is -2.31. The quantitative estimate of drug-likeness (QED) is 0.594. The maximum atomic E-state index is 13.8. The van der Waals surface area contributed by atoms with Gasteiger partial charge in [-0.1, -0.05) is 35.9 Å². The van der Waals surface area contributed by atoms with Crippen LogP contribution in [0.2, 0.25) is 0 Å². The zero-order valence-corrected chi connectivity index (χ0v) is 16.3. The average molecular weight is 387 g/mol. The van der Waals surface area contributed by atoms with Gasteiger partial charge in [0.2, 0.25) is 0 Å². The summed E-state index contributed by atoms with van der Waals surface area (Å²) in [6.07, 6.45) is 5.48. The van der Waals surface area contributed by atoms with Gasteiger partial charge in [0, 0.05) is 31.9 Å². The van der Waals surface area contributed by atoms with Crippen molar-refractivity contribution in [1.82, 2.24) is 9.97 Å². The molecule has 4 rings (SSSR count). The summed E-state index contributed by atoms with van der Waals surface area (Å²) in [5, 5.41) is 0.